The third-order valence-corrected chi connectivity index (χ3v) is 3.77. The second-order valence-electron chi connectivity index (χ2n) is 5.03. The van der Waals surface area contributed by atoms with E-state index in [1.807, 2.05) is 24.3 Å². The summed E-state index contributed by atoms with van der Waals surface area (Å²) in [5.41, 5.74) is 1.85. The third kappa shape index (κ3) is 4.17. The van der Waals surface area contributed by atoms with Crippen molar-refractivity contribution in [2.24, 2.45) is 0 Å². The number of nitrogens with zero attached hydrogens (tertiary/aromatic N) is 1. The number of benzene rings is 2. The normalized spacial score (nSPS) is 10.2. The van der Waals surface area contributed by atoms with Gasteiger partial charge in [-0.3, -0.25) is 4.79 Å². The van der Waals surface area contributed by atoms with Gasteiger partial charge in [0.15, 0.2) is 0 Å². The van der Waals surface area contributed by atoms with Gasteiger partial charge in [0.05, 0.1) is 11.9 Å². The molecule has 0 bridgehead atoms. The summed E-state index contributed by atoms with van der Waals surface area (Å²) in [6, 6.07) is 16.6. The van der Waals surface area contributed by atoms with Crippen LogP contribution in [0, 0.1) is 5.82 Å². The van der Waals surface area contributed by atoms with Crippen LogP contribution in [0.5, 0.6) is 0 Å². The summed E-state index contributed by atoms with van der Waals surface area (Å²) in [6.45, 7) is 0. The number of halogens is 2. The lowest BCUT2D eigenvalue weighted by molar-refractivity contribution is 0.102. The molecule has 0 fully saturated rings. The molecule has 1 amide bonds. The maximum absolute atomic E-state index is 12.9. The van der Waals surface area contributed by atoms with Gasteiger partial charge in [0.25, 0.3) is 5.91 Å². The Kier molecular flexibility index (Phi) is 4.86. The Morgan fingerprint density at radius 3 is 2.21 bits per heavy atom. The van der Waals surface area contributed by atoms with Gasteiger partial charge in [0.2, 0.25) is 0 Å². The van der Waals surface area contributed by atoms with Crippen molar-refractivity contribution in [3.63, 3.8) is 0 Å². The van der Waals surface area contributed by atoms with Crippen molar-refractivity contribution in [3.05, 3.63) is 82.7 Å². The first-order valence-corrected chi connectivity index (χ1v) is 7.95. The van der Waals surface area contributed by atoms with E-state index in [1.54, 1.807) is 18.3 Å². The highest BCUT2D eigenvalue weighted by Crippen LogP contribution is 2.19. The quantitative estimate of drug-likeness (QED) is 0.665. The minimum Gasteiger partial charge on any atom is -0.340 e. The first-order valence-electron chi connectivity index (χ1n) is 7.16. The SMILES string of the molecule is O=C(Nc1ccc(Nc2ccc(Br)cc2)nc1)c1ccc(F)cc1. The highest BCUT2D eigenvalue weighted by molar-refractivity contribution is 9.10. The Labute approximate surface area is 146 Å². The predicted molar refractivity (Wildman–Crippen MR) is 96.0 cm³/mol. The van der Waals surface area contributed by atoms with Crippen LogP contribution in [0.4, 0.5) is 21.6 Å². The molecule has 0 aliphatic carbocycles. The summed E-state index contributed by atoms with van der Waals surface area (Å²) < 4.78 is 13.9. The maximum Gasteiger partial charge on any atom is 0.255 e. The van der Waals surface area contributed by atoms with Crippen LogP contribution >= 0.6 is 15.9 Å². The Morgan fingerprint density at radius 2 is 1.58 bits per heavy atom. The Hall–Kier alpha value is -2.73. The van der Waals surface area contributed by atoms with E-state index in [0.717, 1.165) is 10.2 Å². The molecule has 1 aromatic heterocycles. The van der Waals surface area contributed by atoms with Crippen molar-refractivity contribution in [2.45, 2.75) is 0 Å². The highest BCUT2D eigenvalue weighted by Gasteiger charge is 2.06. The number of hydrogen-bond donors (Lipinski definition) is 2. The van der Waals surface area contributed by atoms with E-state index < -0.39 is 0 Å². The van der Waals surface area contributed by atoms with Crippen LogP contribution < -0.4 is 10.6 Å². The second kappa shape index (κ2) is 7.23. The first-order chi connectivity index (χ1) is 11.6. The van der Waals surface area contributed by atoms with Gasteiger partial charge in [0.1, 0.15) is 11.6 Å². The van der Waals surface area contributed by atoms with Crippen molar-refractivity contribution < 1.29 is 9.18 Å². The van der Waals surface area contributed by atoms with Crippen LogP contribution in [0.1, 0.15) is 10.4 Å². The number of hydrogen-bond acceptors (Lipinski definition) is 3. The van der Waals surface area contributed by atoms with Crippen molar-refractivity contribution in [2.75, 3.05) is 10.6 Å². The van der Waals surface area contributed by atoms with Gasteiger partial charge in [-0.25, -0.2) is 9.37 Å². The summed E-state index contributed by atoms with van der Waals surface area (Å²) in [5, 5.41) is 5.88. The van der Waals surface area contributed by atoms with E-state index in [1.165, 1.54) is 24.3 Å². The van der Waals surface area contributed by atoms with Gasteiger partial charge < -0.3 is 10.6 Å². The zero-order valence-corrected chi connectivity index (χ0v) is 14.0. The molecular formula is C18H13BrFN3O. The van der Waals surface area contributed by atoms with E-state index in [4.69, 9.17) is 0 Å². The van der Waals surface area contributed by atoms with E-state index in [2.05, 4.69) is 31.5 Å². The molecule has 0 radical (unpaired) electrons. The third-order valence-electron chi connectivity index (χ3n) is 3.24. The van der Waals surface area contributed by atoms with Gasteiger partial charge in [-0.2, -0.15) is 0 Å². The van der Waals surface area contributed by atoms with Gasteiger partial charge in [0, 0.05) is 15.7 Å². The summed E-state index contributed by atoms with van der Waals surface area (Å²) in [6.07, 6.45) is 1.56. The van der Waals surface area contributed by atoms with Crippen LogP contribution in [0.15, 0.2) is 71.3 Å². The molecule has 0 saturated heterocycles. The summed E-state index contributed by atoms with van der Waals surface area (Å²) in [7, 11) is 0. The molecule has 3 aromatic rings. The molecule has 0 aliphatic rings. The van der Waals surface area contributed by atoms with Crippen LogP contribution in [-0.4, -0.2) is 10.9 Å². The van der Waals surface area contributed by atoms with Crippen molar-refractivity contribution >= 4 is 39.0 Å². The first kappa shape index (κ1) is 16.1. The van der Waals surface area contributed by atoms with Crippen LogP contribution in [0.3, 0.4) is 0 Å². The number of rotatable bonds is 4. The number of carbonyl (C=O) groups excluding carboxylic acids is 1. The van der Waals surface area contributed by atoms with E-state index >= 15 is 0 Å². The number of aromatic nitrogens is 1. The molecular weight excluding hydrogens is 373 g/mol. The molecule has 1 heterocycles. The lowest BCUT2D eigenvalue weighted by atomic mass is 10.2. The highest BCUT2D eigenvalue weighted by atomic mass is 79.9. The van der Waals surface area contributed by atoms with Crippen molar-refractivity contribution in [1.82, 2.24) is 4.98 Å². The molecule has 2 N–H and O–H groups in total. The van der Waals surface area contributed by atoms with E-state index in [9.17, 15) is 9.18 Å². The van der Waals surface area contributed by atoms with Crippen molar-refractivity contribution in [1.29, 1.82) is 0 Å². The minimum absolute atomic E-state index is 0.314. The molecule has 3 rings (SSSR count). The smallest absolute Gasteiger partial charge is 0.255 e. The molecule has 0 spiro atoms. The lowest BCUT2D eigenvalue weighted by Gasteiger charge is -2.08. The average Bonchev–Trinajstić information content (AvgIpc) is 2.59. The zero-order chi connectivity index (χ0) is 16.9. The molecule has 0 unspecified atom stereocenters. The molecule has 0 atom stereocenters. The molecule has 2 aromatic carbocycles. The number of carbonyl (C=O) groups is 1. The number of pyridine rings is 1. The Bertz CT molecular complexity index is 834. The largest absolute Gasteiger partial charge is 0.340 e. The van der Waals surface area contributed by atoms with Gasteiger partial charge >= 0.3 is 0 Å². The van der Waals surface area contributed by atoms with Gasteiger partial charge in [-0.1, -0.05) is 15.9 Å². The molecule has 0 saturated carbocycles. The standard InChI is InChI=1S/C18H13BrFN3O/c19-13-3-7-15(8-4-13)22-17-10-9-16(11-21-17)23-18(24)12-1-5-14(20)6-2-12/h1-11H,(H,21,22)(H,23,24). The van der Waals surface area contributed by atoms with Gasteiger partial charge in [-0.15, -0.1) is 0 Å². The number of amides is 1. The van der Waals surface area contributed by atoms with Crippen LogP contribution in [0.25, 0.3) is 0 Å². The topological polar surface area (TPSA) is 54.0 Å². The summed E-state index contributed by atoms with van der Waals surface area (Å²) in [5.74, 6) is -0.0286. The van der Waals surface area contributed by atoms with E-state index in [0.29, 0.717) is 17.1 Å². The lowest BCUT2D eigenvalue weighted by Crippen LogP contribution is -2.12. The summed E-state index contributed by atoms with van der Waals surface area (Å²) >= 11 is 3.38. The number of anilines is 3. The molecule has 24 heavy (non-hydrogen) atoms. The van der Waals surface area contributed by atoms with Crippen molar-refractivity contribution in [3.8, 4) is 0 Å². The fraction of sp³-hybridized carbons (Fsp3) is 0. The zero-order valence-electron chi connectivity index (χ0n) is 12.5. The molecule has 6 heteroatoms. The molecule has 0 aliphatic heterocycles. The maximum atomic E-state index is 12.9. The summed E-state index contributed by atoms with van der Waals surface area (Å²) in [4.78, 5) is 16.3. The van der Waals surface area contributed by atoms with Gasteiger partial charge in [-0.05, 0) is 60.7 Å². The van der Waals surface area contributed by atoms with Crippen LogP contribution in [0.2, 0.25) is 0 Å². The Morgan fingerprint density at radius 1 is 0.917 bits per heavy atom. The second-order valence-corrected chi connectivity index (χ2v) is 5.94. The van der Waals surface area contributed by atoms with E-state index in [-0.39, 0.29) is 11.7 Å². The monoisotopic (exact) mass is 385 g/mol. The molecule has 4 nitrogen and oxygen atoms in total. The minimum atomic E-state index is -0.378. The molecule has 120 valence electrons. The predicted octanol–water partition coefficient (Wildman–Crippen LogP) is 4.98. The van der Waals surface area contributed by atoms with Crippen LogP contribution in [-0.2, 0) is 0 Å². The fourth-order valence-corrected chi connectivity index (χ4v) is 2.29. The fourth-order valence-electron chi connectivity index (χ4n) is 2.03. The Balaban J connectivity index is 1.64. The number of nitrogens with one attached hydrogen (secondary N) is 2. The average molecular weight is 386 g/mol.